The number of aromatic nitrogens is 4. The Morgan fingerprint density at radius 1 is 1.10 bits per heavy atom. The molecule has 7 nitrogen and oxygen atoms in total. The summed E-state index contributed by atoms with van der Waals surface area (Å²) in [5.41, 5.74) is 3.56. The number of halogens is 1. The second-order valence-electron chi connectivity index (χ2n) is 6.87. The monoisotopic (exact) mass is 407 g/mol. The minimum absolute atomic E-state index is 0.0765. The molecule has 4 aromatic rings. The van der Waals surface area contributed by atoms with E-state index in [-0.39, 0.29) is 22.3 Å². The molecule has 0 radical (unpaired) electrons. The van der Waals surface area contributed by atoms with Gasteiger partial charge in [-0.1, -0.05) is 29.3 Å². The number of carbonyl (C=O) groups is 1. The van der Waals surface area contributed by atoms with Crippen molar-refractivity contribution in [2.75, 3.05) is 5.32 Å². The highest BCUT2D eigenvalue weighted by Crippen LogP contribution is 2.22. The van der Waals surface area contributed by atoms with E-state index >= 15 is 0 Å². The molecular formula is C21H18ClN5O2. The zero-order valence-corrected chi connectivity index (χ0v) is 16.9. The van der Waals surface area contributed by atoms with Gasteiger partial charge in [0, 0.05) is 17.8 Å². The van der Waals surface area contributed by atoms with Crippen LogP contribution in [0.3, 0.4) is 0 Å². The van der Waals surface area contributed by atoms with Crippen molar-refractivity contribution in [1.82, 2.24) is 19.3 Å². The number of hydrogen-bond donors (Lipinski definition) is 1. The van der Waals surface area contributed by atoms with Crippen LogP contribution in [0.1, 0.15) is 21.6 Å². The molecule has 0 aliphatic carbocycles. The third-order valence-electron chi connectivity index (χ3n) is 4.66. The second kappa shape index (κ2) is 7.18. The van der Waals surface area contributed by atoms with Crippen molar-refractivity contribution < 1.29 is 4.79 Å². The molecule has 1 N–H and O–H groups in total. The summed E-state index contributed by atoms with van der Waals surface area (Å²) in [6.45, 7) is 3.90. The maximum atomic E-state index is 13.0. The lowest BCUT2D eigenvalue weighted by atomic mass is 10.1. The predicted molar refractivity (Wildman–Crippen MR) is 113 cm³/mol. The number of fused-ring (bicyclic) bond motifs is 1. The lowest BCUT2D eigenvalue weighted by Crippen LogP contribution is -2.19. The van der Waals surface area contributed by atoms with Gasteiger partial charge < -0.3 is 9.88 Å². The van der Waals surface area contributed by atoms with Crippen LogP contribution in [-0.4, -0.2) is 25.2 Å². The molecule has 0 unspecified atom stereocenters. The van der Waals surface area contributed by atoms with E-state index in [0.29, 0.717) is 16.4 Å². The van der Waals surface area contributed by atoms with E-state index in [1.54, 1.807) is 31.3 Å². The standard InChI is InChI=1S/C21H18ClN5O2/c1-12-4-9-16(13(2)10-12)24-20(28)18-17-19(21(29)26(3)11-23-17)27(25-18)15-7-5-14(22)6-8-15/h4-11H,1-3H3,(H,24,28). The van der Waals surface area contributed by atoms with Crippen LogP contribution in [0.5, 0.6) is 0 Å². The zero-order chi connectivity index (χ0) is 20.7. The summed E-state index contributed by atoms with van der Waals surface area (Å²) in [6.07, 6.45) is 1.38. The van der Waals surface area contributed by atoms with Gasteiger partial charge in [0.1, 0.15) is 5.52 Å². The normalized spacial score (nSPS) is 11.0. The van der Waals surface area contributed by atoms with Crippen LogP contribution in [0.4, 0.5) is 5.69 Å². The molecule has 0 fully saturated rings. The van der Waals surface area contributed by atoms with Crippen LogP contribution in [0.15, 0.2) is 53.6 Å². The molecule has 1 amide bonds. The van der Waals surface area contributed by atoms with Gasteiger partial charge in [-0.15, -0.1) is 0 Å². The Balaban J connectivity index is 1.86. The van der Waals surface area contributed by atoms with E-state index in [9.17, 15) is 9.59 Å². The number of benzene rings is 2. The highest BCUT2D eigenvalue weighted by Gasteiger charge is 2.22. The average Bonchev–Trinajstić information content (AvgIpc) is 3.08. The Morgan fingerprint density at radius 2 is 1.83 bits per heavy atom. The molecule has 0 saturated heterocycles. The molecule has 146 valence electrons. The van der Waals surface area contributed by atoms with Gasteiger partial charge >= 0.3 is 0 Å². The summed E-state index contributed by atoms with van der Waals surface area (Å²) in [5, 5.41) is 7.85. The number of amides is 1. The fourth-order valence-corrected chi connectivity index (χ4v) is 3.27. The van der Waals surface area contributed by atoms with E-state index in [2.05, 4.69) is 15.4 Å². The van der Waals surface area contributed by atoms with Crippen LogP contribution in [0, 0.1) is 13.8 Å². The Hall–Kier alpha value is -3.45. The van der Waals surface area contributed by atoms with Crippen molar-refractivity contribution in [3.8, 4) is 5.69 Å². The fourth-order valence-electron chi connectivity index (χ4n) is 3.15. The molecule has 0 aliphatic heterocycles. The first-order chi connectivity index (χ1) is 13.8. The van der Waals surface area contributed by atoms with Crippen LogP contribution < -0.4 is 10.9 Å². The number of rotatable bonds is 3. The highest BCUT2D eigenvalue weighted by molar-refractivity contribution is 6.30. The lowest BCUT2D eigenvalue weighted by Gasteiger charge is -2.08. The SMILES string of the molecule is Cc1ccc(NC(=O)c2nn(-c3ccc(Cl)cc3)c3c(=O)n(C)cnc23)c(C)c1. The number of nitrogens with zero attached hydrogens (tertiary/aromatic N) is 4. The van der Waals surface area contributed by atoms with Gasteiger partial charge in [0.2, 0.25) is 0 Å². The summed E-state index contributed by atoms with van der Waals surface area (Å²) >= 11 is 5.97. The molecule has 4 rings (SSSR count). The van der Waals surface area contributed by atoms with Gasteiger partial charge in [-0.2, -0.15) is 5.10 Å². The molecule has 0 saturated carbocycles. The lowest BCUT2D eigenvalue weighted by molar-refractivity contribution is 0.102. The van der Waals surface area contributed by atoms with Crippen LogP contribution in [0.25, 0.3) is 16.7 Å². The first-order valence-electron chi connectivity index (χ1n) is 8.94. The molecule has 2 aromatic heterocycles. The summed E-state index contributed by atoms with van der Waals surface area (Å²) in [4.78, 5) is 30.1. The Labute approximate surface area is 171 Å². The van der Waals surface area contributed by atoms with Gasteiger partial charge in [-0.05, 0) is 49.7 Å². The average molecular weight is 408 g/mol. The smallest absolute Gasteiger partial charge is 0.279 e. The first-order valence-corrected chi connectivity index (χ1v) is 9.32. The summed E-state index contributed by atoms with van der Waals surface area (Å²) in [7, 11) is 1.60. The summed E-state index contributed by atoms with van der Waals surface area (Å²) < 4.78 is 2.78. The van der Waals surface area contributed by atoms with E-state index in [0.717, 1.165) is 11.1 Å². The van der Waals surface area contributed by atoms with Gasteiger partial charge in [0.25, 0.3) is 11.5 Å². The Kier molecular flexibility index (Phi) is 4.68. The quantitative estimate of drug-likeness (QED) is 0.562. The summed E-state index contributed by atoms with van der Waals surface area (Å²) in [5.74, 6) is -0.435. The van der Waals surface area contributed by atoms with Crippen molar-refractivity contribution in [1.29, 1.82) is 0 Å². The van der Waals surface area contributed by atoms with E-state index in [1.165, 1.54) is 15.6 Å². The fraction of sp³-hybridized carbons (Fsp3) is 0.143. The summed E-state index contributed by atoms with van der Waals surface area (Å²) in [6, 6.07) is 12.6. The molecule has 2 aromatic carbocycles. The van der Waals surface area contributed by atoms with Crippen molar-refractivity contribution in [3.63, 3.8) is 0 Å². The predicted octanol–water partition coefficient (Wildman–Crippen LogP) is 3.64. The molecular weight excluding hydrogens is 390 g/mol. The highest BCUT2D eigenvalue weighted by atomic mass is 35.5. The molecule has 29 heavy (non-hydrogen) atoms. The van der Waals surface area contributed by atoms with Crippen LogP contribution >= 0.6 is 11.6 Å². The van der Waals surface area contributed by atoms with Gasteiger partial charge in [-0.3, -0.25) is 9.59 Å². The molecule has 8 heteroatoms. The number of hydrogen-bond acceptors (Lipinski definition) is 4. The van der Waals surface area contributed by atoms with Crippen molar-refractivity contribution in [2.45, 2.75) is 13.8 Å². The van der Waals surface area contributed by atoms with E-state index < -0.39 is 5.91 Å². The number of carbonyl (C=O) groups excluding carboxylic acids is 1. The van der Waals surface area contributed by atoms with Gasteiger partial charge in [0.05, 0.1) is 12.0 Å². The molecule has 0 bridgehead atoms. The Morgan fingerprint density at radius 3 is 2.52 bits per heavy atom. The van der Waals surface area contributed by atoms with Crippen molar-refractivity contribution in [3.05, 3.63) is 81.0 Å². The number of aryl methyl sites for hydroxylation is 3. The third-order valence-corrected chi connectivity index (χ3v) is 4.91. The largest absolute Gasteiger partial charge is 0.320 e. The number of anilines is 1. The van der Waals surface area contributed by atoms with Crippen LogP contribution in [-0.2, 0) is 7.05 Å². The van der Waals surface area contributed by atoms with Gasteiger partial charge in [-0.25, -0.2) is 9.67 Å². The molecule has 0 spiro atoms. The molecule has 0 atom stereocenters. The third kappa shape index (κ3) is 3.40. The molecule has 2 heterocycles. The maximum Gasteiger partial charge on any atom is 0.279 e. The number of nitrogens with one attached hydrogen (secondary N) is 1. The zero-order valence-electron chi connectivity index (χ0n) is 16.1. The van der Waals surface area contributed by atoms with Gasteiger partial charge in [0.15, 0.2) is 11.2 Å². The van der Waals surface area contributed by atoms with Crippen molar-refractivity contribution >= 4 is 34.2 Å². The topological polar surface area (TPSA) is 81.8 Å². The second-order valence-corrected chi connectivity index (χ2v) is 7.30. The maximum absolute atomic E-state index is 13.0. The van der Waals surface area contributed by atoms with E-state index in [1.807, 2.05) is 32.0 Å². The minimum atomic E-state index is -0.435. The Bertz CT molecular complexity index is 1310. The minimum Gasteiger partial charge on any atom is -0.320 e. The molecule has 0 aliphatic rings. The first kappa shape index (κ1) is 18.9. The van der Waals surface area contributed by atoms with Crippen LogP contribution in [0.2, 0.25) is 5.02 Å². The van der Waals surface area contributed by atoms with Crippen molar-refractivity contribution in [2.24, 2.45) is 7.05 Å². The van der Waals surface area contributed by atoms with E-state index in [4.69, 9.17) is 11.6 Å².